The minimum absolute atomic E-state index is 0.0798. The number of ether oxygens (including phenoxy) is 2. The second-order valence-electron chi connectivity index (χ2n) is 9.06. The van der Waals surface area contributed by atoms with Gasteiger partial charge in [0.25, 0.3) is 5.91 Å². The molecule has 1 aromatic heterocycles. The van der Waals surface area contributed by atoms with Crippen LogP contribution in [0, 0.1) is 6.92 Å². The number of thiazole rings is 1. The zero-order valence-electron chi connectivity index (χ0n) is 21.3. The maximum absolute atomic E-state index is 13.1. The number of aliphatic carboxylic acids is 1. The van der Waals surface area contributed by atoms with Crippen molar-refractivity contribution in [3.8, 4) is 16.3 Å². The summed E-state index contributed by atoms with van der Waals surface area (Å²) < 4.78 is 11.5. The van der Waals surface area contributed by atoms with Crippen LogP contribution in [0.5, 0.6) is 5.75 Å². The lowest BCUT2D eigenvalue weighted by Crippen LogP contribution is -2.29. The van der Waals surface area contributed by atoms with E-state index in [9.17, 15) is 14.7 Å². The average molecular weight is 566 g/mol. The van der Waals surface area contributed by atoms with Crippen LogP contribution in [0.2, 0.25) is 10.0 Å². The quantitative estimate of drug-likeness (QED) is 0.273. The highest BCUT2D eigenvalue weighted by Crippen LogP contribution is 2.34. The van der Waals surface area contributed by atoms with Crippen LogP contribution in [-0.2, 0) is 22.5 Å². The highest BCUT2D eigenvalue weighted by Gasteiger charge is 2.22. The van der Waals surface area contributed by atoms with Gasteiger partial charge in [-0.1, -0.05) is 35.3 Å². The number of nitrogens with zero attached hydrogens (tertiary/aromatic N) is 1. The second-order valence-corrected chi connectivity index (χ2v) is 11.1. The first-order valence-corrected chi connectivity index (χ1v) is 13.4. The number of carbonyl (C=O) groups is 2. The Bertz CT molecular complexity index is 1280. The summed E-state index contributed by atoms with van der Waals surface area (Å²) in [4.78, 5) is 30.0. The molecule has 2 aromatic carbocycles. The number of rotatable bonds is 11. The molecule has 0 radical (unpaired) electrons. The van der Waals surface area contributed by atoms with E-state index in [1.807, 2.05) is 32.9 Å². The molecule has 0 spiro atoms. The number of benzene rings is 2. The van der Waals surface area contributed by atoms with Gasteiger partial charge in [-0.3, -0.25) is 4.79 Å². The lowest BCUT2D eigenvalue weighted by atomic mass is 10.0. The van der Waals surface area contributed by atoms with E-state index in [1.54, 1.807) is 38.1 Å². The molecule has 0 bridgehead atoms. The van der Waals surface area contributed by atoms with Crippen molar-refractivity contribution in [1.29, 1.82) is 0 Å². The van der Waals surface area contributed by atoms with Gasteiger partial charge in [0, 0.05) is 34.0 Å². The van der Waals surface area contributed by atoms with Crippen molar-refractivity contribution in [3.05, 3.63) is 68.1 Å². The molecule has 1 unspecified atom stereocenters. The van der Waals surface area contributed by atoms with Gasteiger partial charge in [0.05, 0.1) is 17.2 Å². The molecule has 1 atom stereocenters. The van der Waals surface area contributed by atoms with E-state index in [2.05, 4.69) is 10.3 Å². The molecule has 3 rings (SSSR count). The topological polar surface area (TPSA) is 97.8 Å². The summed E-state index contributed by atoms with van der Waals surface area (Å²) in [6, 6.07) is 10.6. The van der Waals surface area contributed by atoms with E-state index in [0.29, 0.717) is 32.1 Å². The Kier molecular flexibility index (Phi) is 9.95. The van der Waals surface area contributed by atoms with Gasteiger partial charge in [0.1, 0.15) is 16.5 Å². The van der Waals surface area contributed by atoms with Gasteiger partial charge in [-0.25, -0.2) is 9.78 Å². The lowest BCUT2D eigenvalue weighted by Gasteiger charge is -2.19. The molecular weight excluding hydrogens is 535 g/mol. The number of carboxylic acids is 1. The predicted molar refractivity (Wildman–Crippen MR) is 147 cm³/mol. The first-order valence-electron chi connectivity index (χ1n) is 11.8. The van der Waals surface area contributed by atoms with Crippen molar-refractivity contribution in [1.82, 2.24) is 10.3 Å². The molecule has 1 heterocycles. The molecule has 0 aliphatic heterocycles. The lowest BCUT2D eigenvalue weighted by molar-refractivity contribution is -0.153. The fourth-order valence-corrected chi connectivity index (χ4v) is 5.15. The minimum Gasteiger partial charge on any atom is -0.491 e. The van der Waals surface area contributed by atoms with Gasteiger partial charge in [-0.2, -0.15) is 0 Å². The summed E-state index contributed by atoms with van der Waals surface area (Å²) in [6.07, 6.45) is -1.09. The van der Waals surface area contributed by atoms with E-state index in [4.69, 9.17) is 32.7 Å². The van der Waals surface area contributed by atoms with Crippen LogP contribution >= 0.6 is 34.5 Å². The maximum Gasteiger partial charge on any atom is 0.333 e. The Morgan fingerprint density at radius 3 is 2.43 bits per heavy atom. The summed E-state index contributed by atoms with van der Waals surface area (Å²) in [6.45, 7) is 9.41. The van der Waals surface area contributed by atoms with E-state index < -0.39 is 12.1 Å². The molecular formula is C27H30Cl2N2O5S. The summed E-state index contributed by atoms with van der Waals surface area (Å²) >= 11 is 13.7. The number of aromatic nitrogens is 1. The zero-order valence-corrected chi connectivity index (χ0v) is 23.6. The third-order valence-electron chi connectivity index (χ3n) is 5.23. The van der Waals surface area contributed by atoms with Crippen LogP contribution in [0.3, 0.4) is 0 Å². The van der Waals surface area contributed by atoms with Crippen LogP contribution in [0.25, 0.3) is 10.6 Å². The molecule has 7 nitrogen and oxygen atoms in total. The van der Waals surface area contributed by atoms with Crippen molar-refractivity contribution in [2.45, 2.75) is 65.9 Å². The van der Waals surface area contributed by atoms with Crippen molar-refractivity contribution in [2.75, 3.05) is 0 Å². The molecule has 0 saturated carbocycles. The van der Waals surface area contributed by atoms with E-state index in [1.165, 1.54) is 11.3 Å². The first kappa shape index (κ1) is 28.9. The Morgan fingerprint density at radius 1 is 1.08 bits per heavy atom. The minimum atomic E-state index is -1.03. The van der Waals surface area contributed by atoms with Gasteiger partial charge in [-0.15, -0.1) is 11.3 Å². The van der Waals surface area contributed by atoms with Crippen LogP contribution in [0.15, 0.2) is 36.4 Å². The number of halogens is 2. The predicted octanol–water partition coefficient (Wildman–Crippen LogP) is 6.56. The summed E-state index contributed by atoms with van der Waals surface area (Å²) in [5.41, 5.74) is 2.50. The molecule has 37 heavy (non-hydrogen) atoms. The third kappa shape index (κ3) is 7.92. The van der Waals surface area contributed by atoms with Gasteiger partial charge in [0.2, 0.25) is 0 Å². The summed E-state index contributed by atoms with van der Waals surface area (Å²) in [5, 5.41) is 14.1. The first-order chi connectivity index (χ1) is 17.4. The van der Waals surface area contributed by atoms with Crippen molar-refractivity contribution < 1.29 is 24.2 Å². The molecule has 0 aliphatic rings. The Balaban J connectivity index is 1.81. The van der Waals surface area contributed by atoms with Gasteiger partial charge in [-0.05, 0) is 64.4 Å². The summed E-state index contributed by atoms with van der Waals surface area (Å²) in [5.74, 6) is -0.751. The fourth-order valence-electron chi connectivity index (χ4n) is 3.65. The van der Waals surface area contributed by atoms with Gasteiger partial charge < -0.3 is 19.9 Å². The normalized spacial score (nSPS) is 12.1. The number of amides is 1. The van der Waals surface area contributed by atoms with E-state index >= 15 is 0 Å². The Hall–Kier alpha value is -2.65. The highest BCUT2D eigenvalue weighted by atomic mass is 35.5. The zero-order chi connectivity index (χ0) is 27.3. The number of hydrogen-bond donors (Lipinski definition) is 2. The number of aryl methyl sites for hydroxylation is 1. The highest BCUT2D eigenvalue weighted by molar-refractivity contribution is 7.15. The smallest absolute Gasteiger partial charge is 0.333 e. The molecule has 0 saturated heterocycles. The SMILES string of the molecule is Cc1sc(-c2ccc(Cl)cc2Cl)nc1C(=O)NCc1cc(CC(OC(C)C)C(=O)O)ccc1OC(C)C. The number of hydrogen-bond acceptors (Lipinski definition) is 6. The van der Waals surface area contributed by atoms with Crippen LogP contribution in [0.4, 0.5) is 0 Å². The standard InChI is InChI=1S/C27H30Cl2N2O5S/c1-14(2)35-22-9-6-17(11-23(27(33)34)36-15(3)4)10-18(22)13-30-25(32)24-16(5)37-26(31-24)20-8-7-19(28)12-21(20)29/h6-10,12,14-15,23H,11,13H2,1-5H3,(H,30,32)(H,33,34). The second kappa shape index (κ2) is 12.7. The molecule has 0 aliphatic carbocycles. The third-order valence-corrected chi connectivity index (χ3v) is 6.79. The van der Waals surface area contributed by atoms with Crippen LogP contribution < -0.4 is 10.1 Å². The Labute approximate surface area is 230 Å². The van der Waals surface area contributed by atoms with Crippen LogP contribution in [0.1, 0.15) is 54.2 Å². The monoisotopic (exact) mass is 564 g/mol. The average Bonchev–Trinajstić information content (AvgIpc) is 3.19. The fraction of sp³-hybridized carbons (Fsp3) is 0.370. The molecule has 0 fully saturated rings. The van der Waals surface area contributed by atoms with Gasteiger partial charge in [0.15, 0.2) is 6.10 Å². The molecule has 198 valence electrons. The van der Waals surface area contributed by atoms with Crippen molar-refractivity contribution in [3.63, 3.8) is 0 Å². The van der Waals surface area contributed by atoms with E-state index in [0.717, 1.165) is 16.0 Å². The summed E-state index contributed by atoms with van der Waals surface area (Å²) in [7, 11) is 0. The number of carboxylic acid groups (broad SMARTS) is 1. The van der Waals surface area contributed by atoms with Crippen molar-refractivity contribution in [2.24, 2.45) is 0 Å². The molecule has 10 heteroatoms. The number of nitrogens with one attached hydrogen (secondary N) is 1. The molecule has 2 N–H and O–H groups in total. The molecule has 3 aromatic rings. The Morgan fingerprint density at radius 2 is 1.81 bits per heavy atom. The van der Waals surface area contributed by atoms with E-state index in [-0.39, 0.29) is 31.1 Å². The molecule has 1 amide bonds. The number of carbonyl (C=O) groups excluding carboxylic acids is 1. The van der Waals surface area contributed by atoms with Gasteiger partial charge >= 0.3 is 5.97 Å². The maximum atomic E-state index is 13.1. The van der Waals surface area contributed by atoms with Crippen molar-refractivity contribution >= 4 is 46.4 Å². The largest absolute Gasteiger partial charge is 0.491 e. The van der Waals surface area contributed by atoms with Crippen LogP contribution in [-0.4, -0.2) is 40.3 Å².